The van der Waals surface area contributed by atoms with Crippen LogP contribution in [0.3, 0.4) is 0 Å². The highest BCUT2D eigenvalue weighted by Gasteiger charge is 2.18. The van der Waals surface area contributed by atoms with Crippen molar-refractivity contribution in [2.24, 2.45) is 5.92 Å². The summed E-state index contributed by atoms with van der Waals surface area (Å²) in [5.74, 6) is -0.180. The van der Waals surface area contributed by atoms with Crippen LogP contribution in [0.2, 0.25) is 0 Å². The van der Waals surface area contributed by atoms with Gasteiger partial charge in [0.25, 0.3) is 10.0 Å². The number of rotatable bonds is 5. The predicted octanol–water partition coefficient (Wildman–Crippen LogP) is 2.34. The van der Waals surface area contributed by atoms with Crippen molar-refractivity contribution in [2.75, 3.05) is 0 Å². The van der Waals surface area contributed by atoms with Crippen molar-refractivity contribution in [3.8, 4) is 0 Å². The van der Waals surface area contributed by atoms with Crippen LogP contribution in [0.25, 0.3) is 0 Å². The van der Waals surface area contributed by atoms with Gasteiger partial charge in [0.1, 0.15) is 0 Å². The molecular weight excluding hydrogens is 288 g/mol. The molecule has 5 nitrogen and oxygen atoms in total. The molecule has 0 aliphatic carbocycles. The number of carbonyl (C=O) groups is 1. The Balaban J connectivity index is 2.77. The Morgan fingerprint density at radius 1 is 1.14 bits per heavy atom. The standard InChI is InChI=1S/C15H24N2O3S/c1-11(2)10-14(18)16-17-21(19,20)13-8-6-12(7-9-13)15(3,4)5/h6-9,11,17H,10H2,1-5H3,(H,16,18). The highest BCUT2D eigenvalue weighted by Crippen LogP contribution is 2.23. The van der Waals surface area contributed by atoms with E-state index in [1.165, 1.54) is 12.1 Å². The van der Waals surface area contributed by atoms with E-state index in [-0.39, 0.29) is 28.6 Å². The number of nitrogens with one attached hydrogen (secondary N) is 2. The minimum Gasteiger partial charge on any atom is -0.278 e. The molecule has 6 heteroatoms. The van der Waals surface area contributed by atoms with Gasteiger partial charge in [-0.25, -0.2) is 8.42 Å². The van der Waals surface area contributed by atoms with E-state index >= 15 is 0 Å². The Bertz CT molecular complexity index is 584. The fourth-order valence-electron chi connectivity index (χ4n) is 1.74. The van der Waals surface area contributed by atoms with Crippen molar-refractivity contribution in [1.29, 1.82) is 0 Å². The van der Waals surface area contributed by atoms with Crippen molar-refractivity contribution in [3.05, 3.63) is 29.8 Å². The summed E-state index contributed by atoms with van der Waals surface area (Å²) in [6.45, 7) is 9.95. The number of amides is 1. The van der Waals surface area contributed by atoms with E-state index < -0.39 is 10.0 Å². The average Bonchev–Trinajstić information content (AvgIpc) is 2.35. The summed E-state index contributed by atoms with van der Waals surface area (Å²) in [7, 11) is -3.74. The van der Waals surface area contributed by atoms with Gasteiger partial charge in [-0.05, 0) is 29.0 Å². The smallest absolute Gasteiger partial charge is 0.257 e. The summed E-state index contributed by atoms with van der Waals surface area (Å²) in [5.41, 5.74) is 3.23. The molecule has 0 saturated heterocycles. The molecule has 0 fully saturated rings. The molecule has 1 rings (SSSR count). The molecule has 0 aliphatic heterocycles. The van der Waals surface area contributed by atoms with Crippen LogP contribution in [0.1, 0.15) is 46.6 Å². The van der Waals surface area contributed by atoms with Gasteiger partial charge >= 0.3 is 0 Å². The molecule has 0 heterocycles. The fraction of sp³-hybridized carbons (Fsp3) is 0.533. The van der Waals surface area contributed by atoms with E-state index in [0.29, 0.717) is 0 Å². The SMILES string of the molecule is CC(C)CC(=O)NNS(=O)(=O)c1ccc(C(C)(C)C)cc1. The van der Waals surface area contributed by atoms with Crippen LogP contribution in [0, 0.1) is 5.92 Å². The average molecular weight is 312 g/mol. The van der Waals surface area contributed by atoms with Crippen molar-refractivity contribution in [3.63, 3.8) is 0 Å². The Labute approximate surface area is 127 Å². The largest absolute Gasteiger partial charge is 0.278 e. The van der Waals surface area contributed by atoms with E-state index in [9.17, 15) is 13.2 Å². The second kappa shape index (κ2) is 6.58. The number of carbonyl (C=O) groups excluding carboxylic acids is 1. The lowest BCUT2D eigenvalue weighted by Crippen LogP contribution is -2.41. The van der Waals surface area contributed by atoms with Gasteiger partial charge in [0.05, 0.1) is 4.90 Å². The molecular formula is C15H24N2O3S. The van der Waals surface area contributed by atoms with E-state index in [2.05, 4.69) is 31.0 Å². The van der Waals surface area contributed by atoms with Crippen LogP contribution in [0.15, 0.2) is 29.2 Å². The number of hydrogen-bond acceptors (Lipinski definition) is 3. The van der Waals surface area contributed by atoms with E-state index in [1.807, 2.05) is 13.8 Å². The molecule has 21 heavy (non-hydrogen) atoms. The van der Waals surface area contributed by atoms with Crippen LogP contribution >= 0.6 is 0 Å². The van der Waals surface area contributed by atoms with Gasteiger partial charge < -0.3 is 0 Å². The summed E-state index contributed by atoms with van der Waals surface area (Å²) in [6.07, 6.45) is 0.269. The number of hydrogen-bond donors (Lipinski definition) is 2. The fourth-order valence-corrected chi connectivity index (χ4v) is 2.60. The topological polar surface area (TPSA) is 75.3 Å². The third-order valence-electron chi connectivity index (χ3n) is 2.95. The molecule has 1 aromatic rings. The van der Waals surface area contributed by atoms with Crippen molar-refractivity contribution in [2.45, 2.75) is 51.3 Å². The van der Waals surface area contributed by atoms with Gasteiger partial charge in [-0.1, -0.05) is 46.8 Å². The molecule has 0 aliphatic rings. The summed E-state index contributed by atoms with van der Waals surface area (Å²) in [5, 5.41) is 0. The maximum atomic E-state index is 12.1. The Kier molecular flexibility index (Phi) is 5.53. The van der Waals surface area contributed by atoms with Gasteiger partial charge in [0.2, 0.25) is 5.91 Å². The van der Waals surface area contributed by atoms with Crippen molar-refractivity contribution < 1.29 is 13.2 Å². The van der Waals surface area contributed by atoms with Crippen LogP contribution in [0.4, 0.5) is 0 Å². The van der Waals surface area contributed by atoms with Crippen LogP contribution < -0.4 is 10.3 Å². The molecule has 2 N–H and O–H groups in total. The Morgan fingerprint density at radius 3 is 2.10 bits per heavy atom. The number of hydrazine groups is 1. The monoisotopic (exact) mass is 312 g/mol. The van der Waals surface area contributed by atoms with Gasteiger partial charge in [-0.2, -0.15) is 0 Å². The third kappa shape index (κ3) is 5.47. The number of sulfonamides is 1. The summed E-state index contributed by atoms with van der Waals surface area (Å²) in [4.78, 5) is 13.7. The van der Waals surface area contributed by atoms with Crippen LogP contribution in [-0.2, 0) is 20.2 Å². The highest BCUT2D eigenvalue weighted by atomic mass is 32.2. The molecule has 0 radical (unpaired) electrons. The van der Waals surface area contributed by atoms with Crippen molar-refractivity contribution in [1.82, 2.24) is 10.3 Å². The number of benzene rings is 1. The zero-order chi connectivity index (χ0) is 16.3. The molecule has 0 unspecified atom stereocenters. The van der Waals surface area contributed by atoms with Crippen molar-refractivity contribution >= 4 is 15.9 Å². The first kappa shape index (κ1) is 17.7. The minimum atomic E-state index is -3.74. The van der Waals surface area contributed by atoms with Crippen LogP contribution in [0.5, 0.6) is 0 Å². The minimum absolute atomic E-state index is 0.0405. The molecule has 0 atom stereocenters. The maximum Gasteiger partial charge on any atom is 0.257 e. The molecule has 0 aromatic heterocycles. The second-order valence-corrected chi connectivity index (χ2v) is 8.21. The molecule has 0 saturated carbocycles. The van der Waals surface area contributed by atoms with Gasteiger partial charge in [0, 0.05) is 6.42 Å². The van der Waals surface area contributed by atoms with E-state index in [4.69, 9.17) is 0 Å². The maximum absolute atomic E-state index is 12.1. The first-order valence-electron chi connectivity index (χ1n) is 6.93. The van der Waals surface area contributed by atoms with E-state index in [1.54, 1.807) is 12.1 Å². The molecule has 0 bridgehead atoms. The van der Waals surface area contributed by atoms with E-state index in [0.717, 1.165) is 5.56 Å². The first-order chi connectivity index (χ1) is 9.52. The molecule has 1 aromatic carbocycles. The molecule has 1 amide bonds. The summed E-state index contributed by atoms with van der Waals surface area (Å²) >= 11 is 0. The molecule has 118 valence electrons. The lowest BCUT2D eigenvalue weighted by atomic mass is 9.87. The zero-order valence-electron chi connectivity index (χ0n) is 13.2. The third-order valence-corrected chi connectivity index (χ3v) is 4.21. The van der Waals surface area contributed by atoms with Gasteiger partial charge in [-0.3, -0.25) is 10.2 Å². The summed E-state index contributed by atoms with van der Waals surface area (Å²) < 4.78 is 24.1. The first-order valence-corrected chi connectivity index (χ1v) is 8.42. The Hall–Kier alpha value is -1.40. The lowest BCUT2D eigenvalue weighted by Gasteiger charge is -2.19. The molecule has 0 spiro atoms. The van der Waals surface area contributed by atoms with Gasteiger partial charge in [0.15, 0.2) is 0 Å². The summed E-state index contributed by atoms with van der Waals surface area (Å²) in [6, 6.07) is 6.64. The predicted molar refractivity (Wildman–Crippen MR) is 83.1 cm³/mol. The Morgan fingerprint density at radius 2 is 1.67 bits per heavy atom. The zero-order valence-corrected chi connectivity index (χ0v) is 14.0. The van der Waals surface area contributed by atoms with Gasteiger partial charge in [-0.15, -0.1) is 4.83 Å². The quantitative estimate of drug-likeness (QED) is 0.819. The normalized spacial score (nSPS) is 12.5. The second-order valence-electron chi connectivity index (χ2n) is 6.53. The lowest BCUT2D eigenvalue weighted by molar-refractivity contribution is -0.122. The van der Waals surface area contributed by atoms with Crippen LogP contribution in [-0.4, -0.2) is 14.3 Å². The highest BCUT2D eigenvalue weighted by molar-refractivity contribution is 7.89.